The molecule has 2 nitrogen and oxygen atoms in total. The summed E-state index contributed by atoms with van der Waals surface area (Å²) in [4.78, 5) is 2.02. The number of aliphatic hydroxyl groups is 1. The first kappa shape index (κ1) is 11.5. The van der Waals surface area contributed by atoms with Crippen LogP contribution in [0.5, 0.6) is 0 Å². The Morgan fingerprint density at radius 3 is 2.33 bits per heavy atom. The van der Waals surface area contributed by atoms with Gasteiger partial charge in [-0.3, -0.25) is 0 Å². The van der Waals surface area contributed by atoms with Gasteiger partial charge in [-0.2, -0.15) is 0 Å². The molecule has 0 fully saturated rings. The third kappa shape index (κ3) is 3.26. The van der Waals surface area contributed by atoms with Crippen LogP contribution in [0, 0.1) is 0 Å². The van der Waals surface area contributed by atoms with E-state index in [0.29, 0.717) is 0 Å². The number of hydrogen-bond donors (Lipinski definition) is 1. The molecule has 80 valence electrons. The molecule has 0 aliphatic carbocycles. The summed E-state index contributed by atoms with van der Waals surface area (Å²) < 4.78 is 0. The van der Waals surface area contributed by atoms with Crippen molar-refractivity contribution in [2.75, 3.05) is 19.0 Å². The summed E-state index contributed by atoms with van der Waals surface area (Å²) in [5.41, 5.74) is 2.01. The van der Waals surface area contributed by atoms with Crippen LogP contribution >= 0.6 is 0 Å². The molecular weight excluding hydrogens is 186 g/mol. The van der Waals surface area contributed by atoms with E-state index < -0.39 is 6.10 Å². The summed E-state index contributed by atoms with van der Waals surface area (Å²) in [6.45, 7) is 3.56. The van der Waals surface area contributed by atoms with E-state index in [-0.39, 0.29) is 0 Å². The molecule has 0 aliphatic rings. The Balaban J connectivity index is 2.79. The number of anilines is 1. The zero-order valence-electron chi connectivity index (χ0n) is 9.22. The average Bonchev–Trinajstić information content (AvgIpc) is 2.26. The summed E-state index contributed by atoms with van der Waals surface area (Å²) in [6.07, 6.45) is 4.54. The number of benzene rings is 1. The topological polar surface area (TPSA) is 23.5 Å². The molecule has 1 unspecified atom stereocenters. The number of allylic oxidation sites excluding steroid dienone is 2. The van der Waals surface area contributed by atoms with Gasteiger partial charge >= 0.3 is 0 Å². The molecule has 0 bridgehead atoms. The Hall–Kier alpha value is -1.54. The second-order valence-corrected chi connectivity index (χ2v) is 3.55. The fourth-order valence-corrected chi connectivity index (χ4v) is 1.26. The Bertz CT molecular complexity index is 338. The van der Waals surface area contributed by atoms with Crippen LogP contribution in [-0.4, -0.2) is 19.2 Å². The molecule has 0 amide bonds. The van der Waals surface area contributed by atoms with Crippen molar-refractivity contribution in [1.82, 2.24) is 0 Å². The summed E-state index contributed by atoms with van der Waals surface area (Å²) in [5, 5.41) is 9.73. The van der Waals surface area contributed by atoms with Gasteiger partial charge in [0.25, 0.3) is 0 Å². The van der Waals surface area contributed by atoms with Crippen molar-refractivity contribution in [2.45, 2.75) is 6.10 Å². The minimum Gasteiger partial charge on any atom is -0.384 e. The predicted octanol–water partition coefficient (Wildman–Crippen LogP) is 2.53. The van der Waals surface area contributed by atoms with Crippen molar-refractivity contribution in [2.24, 2.45) is 0 Å². The summed E-state index contributed by atoms with van der Waals surface area (Å²) in [6, 6.07) is 7.82. The highest BCUT2D eigenvalue weighted by atomic mass is 16.3. The van der Waals surface area contributed by atoms with E-state index in [9.17, 15) is 5.11 Å². The first-order valence-electron chi connectivity index (χ1n) is 4.89. The minimum absolute atomic E-state index is 0.556. The second-order valence-electron chi connectivity index (χ2n) is 3.55. The highest BCUT2D eigenvalue weighted by molar-refractivity contribution is 5.46. The fraction of sp³-hybridized carbons (Fsp3) is 0.231. The Labute approximate surface area is 91.2 Å². The van der Waals surface area contributed by atoms with Crippen molar-refractivity contribution in [3.63, 3.8) is 0 Å². The van der Waals surface area contributed by atoms with E-state index in [2.05, 4.69) is 6.58 Å². The molecule has 0 radical (unpaired) electrons. The molecule has 0 saturated heterocycles. The van der Waals surface area contributed by atoms with E-state index in [1.165, 1.54) is 0 Å². The highest BCUT2D eigenvalue weighted by Crippen LogP contribution is 2.18. The largest absolute Gasteiger partial charge is 0.384 e. The van der Waals surface area contributed by atoms with Crippen molar-refractivity contribution in [1.29, 1.82) is 0 Å². The normalized spacial score (nSPS) is 12.7. The summed E-state index contributed by atoms with van der Waals surface area (Å²) in [5.74, 6) is 0. The van der Waals surface area contributed by atoms with Crippen molar-refractivity contribution in [3.8, 4) is 0 Å². The number of aliphatic hydroxyl groups excluding tert-OH is 1. The lowest BCUT2D eigenvalue weighted by molar-refractivity contribution is 0.228. The predicted molar refractivity (Wildman–Crippen MR) is 65.1 cm³/mol. The van der Waals surface area contributed by atoms with Crippen LogP contribution in [-0.2, 0) is 0 Å². The fourth-order valence-electron chi connectivity index (χ4n) is 1.26. The molecule has 0 saturated carbocycles. The first-order valence-corrected chi connectivity index (χ1v) is 4.89. The molecule has 0 spiro atoms. The maximum Gasteiger partial charge on any atom is 0.0974 e. The van der Waals surface area contributed by atoms with E-state index in [0.717, 1.165) is 11.3 Å². The van der Waals surface area contributed by atoms with Crippen molar-refractivity contribution >= 4 is 5.69 Å². The molecule has 15 heavy (non-hydrogen) atoms. The lowest BCUT2D eigenvalue weighted by Crippen LogP contribution is -2.08. The van der Waals surface area contributed by atoms with E-state index in [4.69, 9.17) is 0 Å². The van der Waals surface area contributed by atoms with Gasteiger partial charge in [0.15, 0.2) is 0 Å². The quantitative estimate of drug-likeness (QED) is 0.760. The van der Waals surface area contributed by atoms with Gasteiger partial charge in [0, 0.05) is 19.8 Å². The third-order valence-corrected chi connectivity index (χ3v) is 2.18. The van der Waals surface area contributed by atoms with Gasteiger partial charge in [0.2, 0.25) is 0 Å². The molecule has 1 aromatic carbocycles. The van der Waals surface area contributed by atoms with Crippen LogP contribution in [0.2, 0.25) is 0 Å². The van der Waals surface area contributed by atoms with Gasteiger partial charge in [-0.25, -0.2) is 0 Å². The first-order chi connectivity index (χ1) is 7.15. The molecule has 2 heteroatoms. The molecule has 0 heterocycles. The second kappa shape index (κ2) is 5.37. The molecule has 0 aromatic heterocycles. The third-order valence-electron chi connectivity index (χ3n) is 2.18. The van der Waals surface area contributed by atoms with Gasteiger partial charge < -0.3 is 10.0 Å². The van der Waals surface area contributed by atoms with Gasteiger partial charge in [-0.1, -0.05) is 36.9 Å². The van der Waals surface area contributed by atoms with E-state index in [1.54, 1.807) is 18.2 Å². The lowest BCUT2D eigenvalue weighted by Gasteiger charge is -2.13. The van der Waals surface area contributed by atoms with Crippen LogP contribution in [0.4, 0.5) is 5.69 Å². The maximum absolute atomic E-state index is 9.73. The molecule has 1 rings (SSSR count). The molecule has 1 N–H and O–H groups in total. The molecule has 1 atom stereocenters. The van der Waals surface area contributed by atoms with Crippen molar-refractivity contribution < 1.29 is 5.11 Å². The number of nitrogens with zero attached hydrogens (tertiary/aromatic N) is 1. The zero-order chi connectivity index (χ0) is 11.3. The summed E-state index contributed by atoms with van der Waals surface area (Å²) in [7, 11) is 3.98. The summed E-state index contributed by atoms with van der Waals surface area (Å²) >= 11 is 0. The SMILES string of the molecule is C=C/C=C/C(O)c1ccc(N(C)C)cc1. The Kier molecular flexibility index (Phi) is 4.13. The molecule has 0 aliphatic heterocycles. The van der Waals surface area contributed by atoms with Gasteiger partial charge in [-0.05, 0) is 17.7 Å². The lowest BCUT2D eigenvalue weighted by atomic mass is 10.1. The molecule has 1 aromatic rings. The standard InChI is InChI=1S/C13H17NO/c1-4-5-6-13(15)11-7-9-12(10-8-11)14(2)3/h4-10,13,15H,1H2,2-3H3/b6-5+. The zero-order valence-corrected chi connectivity index (χ0v) is 9.22. The van der Waals surface area contributed by atoms with Gasteiger partial charge in [0.1, 0.15) is 0 Å². The number of rotatable bonds is 4. The number of hydrogen-bond acceptors (Lipinski definition) is 2. The van der Waals surface area contributed by atoms with Crippen LogP contribution in [0.3, 0.4) is 0 Å². The molecular formula is C13H17NO. The van der Waals surface area contributed by atoms with Crippen LogP contribution in [0.1, 0.15) is 11.7 Å². The van der Waals surface area contributed by atoms with Gasteiger partial charge in [-0.15, -0.1) is 0 Å². The van der Waals surface area contributed by atoms with Crippen LogP contribution in [0.25, 0.3) is 0 Å². The highest BCUT2D eigenvalue weighted by Gasteiger charge is 2.02. The van der Waals surface area contributed by atoms with E-state index in [1.807, 2.05) is 43.3 Å². The van der Waals surface area contributed by atoms with Gasteiger partial charge in [0.05, 0.1) is 6.10 Å². The average molecular weight is 203 g/mol. The smallest absolute Gasteiger partial charge is 0.0974 e. The Morgan fingerprint density at radius 1 is 1.27 bits per heavy atom. The maximum atomic E-state index is 9.73. The van der Waals surface area contributed by atoms with Crippen LogP contribution < -0.4 is 4.90 Å². The Morgan fingerprint density at radius 2 is 1.87 bits per heavy atom. The van der Waals surface area contributed by atoms with Crippen LogP contribution in [0.15, 0.2) is 49.1 Å². The van der Waals surface area contributed by atoms with Crippen molar-refractivity contribution in [3.05, 3.63) is 54.6 Å². The minimum atomic E-state index is -0.556. The van der Waals surface area contributed by atoms with E-state index >= 15 is 0 Å². The monoisotopic (exact) mass is 203 g/mol.